The Labute approximate surface area is 318 Å². The van der Waals surface area contributed by atoms with Gasteiger partial charge in [-0.05, 0) is 68.8 Å². The lowest BCUT2D eigenvalue weighted by Crippen LogP contribution is -2.54. The van der Waals surface area contributed by atoms with Gasteiger partial charge in [0, 0.05) is 70.1 Å². The van der Waals surface area contributed by atoms with Gasteiger partial charge in [0.05, 0.1) is 51.8 Å². The van der Waals surface area contributed by atoms with Gasteiger partial charge in [-0.3, -0.25) is 0 Å². The van der Waals surface area contributed by atoms with Crippen LogP contribution in [0.15, 0.2) is 66.7 Å². The van der Waals surface area contributed by atoms with Gasteiger partial charge < -0.3 is 52.8 Å². The molecule has 3 aromatic carbocycles. The third-order valence-corrected chi connectivity index (χ3v) is 9.03. The number of carbonyl (C=O) groups excluding carboxylic acids is 1. The Bertz CT molecular complexity index is 1530. The average Bonchev–Trinajstić information content (AvgIpc) is 3.19. The van der Waals surface area contributed by atoms with Crippen LogP contribution < -0.4 is 28.7 Å². The first-order valence-electron chi connectivity index (χ1n) is 18.6. The van der Waals surface area contributed by atoms with Crippen LogP contribution in [0.5, 0.6) is 23.0 Å². The number of para-hydroxylation sites is 1. The molecule has 0 aliphatic carbocycles. The van der Waals surface area contributed by atoms with E-state index in [-0.39, 0.29) is 12.6 Å². The van der Waals surface area contributed by atoms with Crippen LogP contribution >= 0.6 is 0 Å². The summed E-state index contributed by atoms with van der Waals surface area (Å²) < 4.78 is 34.8. The first-order chi connectivity index (χ1) is 26.4. The number of unbranched alkanes of at least 4 members (excludes halogenated alkanes) is 2. The molecule has 5 rings (SSSR count). The van der Waals surface area contributed by atoms with Crippen LogP contribution in [-0.4, -0.2) is 116 Å². The SMILES string of the molecule is COCCCN1CCOc2ccc(OCC3CN(C)CCN3c3ccc(OCCCOCc4ccccc4OC)cc3)cc21.O=CCCCCO[N+](=O)[O-]. The molecule has 3 aromatic rings. The Kier molecular flexibility index (Phi) is 18.5. The van der Waals surface area contributed by atoms with Gasteiger partial charge in [0.1, 0.15) is 42.5 Å². The van der Waals surface area contributed by atoms with E-state index in [0.717, 1.165) is 92.7 Å². The molecule has 296 valence electrons. The number of ether oxygens (including phenoxy) is 6. The van der Waals surface area contributed by atoms with Gasteiger partial charge in [0.25, 0.3) is 5.09 Å². The monoisotopic (exact) mass is 752 g/mol. The molecule has 0 amide bonds. The van der Waals surface area contributed by atoms with Crippen molar-refractivity contribution in [3.05, 3.63) is 82.4 Å². The number of methoxy groups -OCH3 is 2. The molecule has 54 heavy (non-hydrogen) atoms. The first kappa shape index (κ1) is 42.0. The molecular formula is C40H56N4O10. The van der Waals surface area contributed by atoms with E-state index in [1.54, 1.807) is 14.2 Å². The summed E-state index contributed by atoms with van der Waals surface area (Å²) in [4.78, 5) is 30.5. The van der Waals surface area contributed by atoms with Crippen LogP contribution in [0.25, 0.3) is 0 Å². The summed E-state index contributed by atoms with van der Waals surface area (Å²) in [6.45, 7) is 8.59. The van der Waals surface area contributed by atoms with E-state index in [9.17, 15) is 14.9 Å². The van der Waals surface area contributed by atoms with Crippen molar-refractivity contribution in [1.29, 1.82) is 0 Å². The summed E-state index contributed by atoms with van der Waals surface area (Å²) in [5, 5.41) is 8.71. The van der Waals surface area contributed by atoms with Crippen LogP contribution in [0.3, 0.4) is 0 Å². The fraction of sp³-hybridized carbons (Fsp3) is 0.525. The predicted molar refractivity (Wildman–Crippen MR) is 207 cm³/mol. The molecule has 14 nitrogen and oxygen atoms in total. The molecule has 0 bridgehead atoms. The van der Waals surface area contributed by atoms with E-state index in [1.807, 2.05) is 36.4 Å². The Morgan fingerprint density at radius 1 is 0.889 bits per heavy atom. The predicted octanol–water partition coefficient (Wildman–Crippen LogP) is 5.68. The van der Waals surface area contributed by atoms with Crippen molar-refractivity contribution in [3.8, 4) is 23.0 Å². The van der Waals surface area contributed by atoms with Gasteiger partial charge in [0.15, 0.2) is 0 Å². The van der Waals surface area contributed by atoms with Crippen LogP contribution in [-0.2, 0) is 25.7 Å². The van der Waals surface area contributed by atoms with E-state index in [4.69, 9.17) is 28.4 Å². The largest absolute Gasteiger partial charge is 0.496 e. The topological polar surface area (TPSA) is 135 Å². The maximum absolute atomic E-state index is 9.73. The second-order valence-corrected chi connectivity index (χ2v) is 13.0. The molecule has 2 aliphatic rings. The van der Waals surface area contributed by atoms with Gasteiger partial charge >= 0.3 is 0 Å². The van der Waals surface area contributed by atoms with Crippen LogP contribution in [0.4, 0.5) is 11.4 Å². The molecule has 0 saturated carbocycles. The normalized spacial score (nSPS) is 15.3. The number of hydrogen-bond donors (Lipinski definition) is 0. The zero-order valence-corrected chi connectivity index (χ0v) is 31.9. The fourth-order valence-corrected chi connectivity index (χ4v) is 6.22. The van der Waals surface area contributed by atoms with E-state index in [0.29, 0.717) is 52.3 Å². The second-order valence-electron chi connectivity index (χ2n) is 13.0. The third-order valence-electron chi connectivity index (χ3n) is 9.03. The number of fused-ring (bicyclic) bond motifs is 1. The number of hydrogen-bond acceptors (Lipinski definition) is 13. The van der Waals surface area contributed by atoms with Crippen molar-refractivity contribution >= 4 is 17.7 Å². The third kappa shape index (κ3) is 14.2. The summed E-state index contributed by atoms with van der Waals surface area (Å²) in [5.74, 6) is 3.51. The van der Waals surface area contributed by atoms with Crippen molar-refractivity contribution in [3.63, 3.8) is 0 Å². The molecule has 1 unspecified atom stereocenters. The highest BCUT2D eigenvalue weighted by molar-refractivity contribution is 5.63. The minimum absolute atomic E-state index is 0.0842. The molecule has 2 heterocycles. The Morgan fingerprint density at radius 3 is 2.48 bits per heavy atom. The van der Waals surface area contributed by atoms with Gasteiger partial charge in [0.2, 0.25) is 0 Å². The molecule has 0 aromatic heterocycles. The lowest BCUT2D eigenvalue weighted by atomic mass is 10.1. The number of nitrogens with zero attached hydrogens (tertiary/aromatic N) is 4. The summed E-state index contributed by atoms with van der Waals surface area (Å²) in [6.07, 6.45) is 4.23. The number of likely N-dealkylation sites (N-methyl/N-ethyl adjacent to an activating group) is 1. The minimum Gasteiger partial charge on any atom is -0.496 e. The highest BCUT2D eigenvalue weighted by Gasteiger charge is 2.27. The molecular weight excluding hydrogens is 696 g/mol. The van der Waals surface area contributed by atoms with Crippen molar-refractivity contribution in [2.75, 3.05) is 103 Å². The molecule has 0 radical (unpaired) electrons. The van der Waals surface area contributed by atoms with E-state index < -0.39 is 5.09 Å². The minimum atomic E-state index is -0.832. The number of rotatable bonds is 22. The number of carbonyl (C=O) groups is 1. The summed E-state index contributed by atoms with van der Waals surface area (Å²) >= 11 is 0. The van der Waals surface area contributed by atoms with E-state index in [2.05, 4.69) is 56.9 Å². The Hall–Kier alpha value is -4.79. The fourth-order valence-electron chi connectivity index (χ4n) is 6.22. The highest BCUT2D eigenvalue weighted by Crippen LogP contribution is 2.35. The zero-order valence-electron chi connectivity index (χ0n) is 31.9. The van der Waals surface area contributed by atoms with Gasteiger partial charge in [-0.25, -0.2) is 0 Å². The molecule has 0 spiro atoms. The van der Waals surface area contributed by atoms with E-state index in [1.165, 1.54) is 5.69 Å². The molecule has 2 aliphatic heterocycles. The number of benzene rings is 3. The van der Waals surface area contributed by atoms with Crippen LogP contribution in [0.1, 0.15) is 37.7 Å². The summed E-state index contributed by atoms with van der Waals surface area (Å²) in [7, 11) is 5.61. The maximum atomic E-state index is 9.73. The van der Waals surface area contributed by atoms with Crippen LogP contribution in [0.2, 0.25) is 0 Å². The summed E-state index contributed by atoms with van der Waals surface area (Å²) in [5.41, 5.74) is 3.33. The van der Waals surface area contributed by atoms with Crippen LogP contribution in [0, 0.1) is 10.1 Å². The quantitative estimate of drug-likeness (QED) is 0.0540. The van der Waals surface area contributed by atoms with Crippen molar-refractivity contribution in [1.82, 2.24) is 4.90 Å². The van der Waals surface area contributed by atoms with Crippen molar-refractivity contribution < 1.29 is 43.1 Å². The number of aldehydes is 1. The summed E-state index contributed by atoms with van der Waals surface area (Å²) in [6, 6.07) is 22.8. The van der Waals surface area contributed by atoms with Gasteiger partial charge in [-0.1, -0.05) is 18.2 Å². The molecule has 1 saturated heterocycles. The van der Waals surface area contributed by atoms with E-state index >= 15 is 0 Å². The lowest BCUT2D eigenvalue weighted by molar-refractivity contribution is -0.757. The zero-order chi connectivity index (χ0) is 38.4. The van der Waals surface area contributed by atoms with Gasteiger partial charge in [-0.15, -0.1) is 10.1 Å². The van der Waals surface area contributed by atoms with Crippen molar-refractivity contribution in [2.45, 2.75) is 44.8 Å². The smallest absolute Gasteiger partial charge is 0.294 e. The standard InChI is InChI=1S/C35H47N3O6.C5H9NO4/c1-36-17-18-38(29-10-12-31(13-11-29)42-22-7-21-41-26-28-8-4-5-9-34(28)40-3)30(25-36)27-44-32-14-15-35-33(24-32)37(19-23-43-35)16-6-20-39-2;7-4-2-1-3-5-10-6(8)9/h4-5,8-15,24,30H,6-7,16-23,25-27H2,1-3H3;4H,1-3,5H2. The first-order valence-corrected chi connectivity index (χ1v) is 18.6. The Balaban J connectivity index is 0.000000571. The lowest BCUT2D eigenvalue weighted by Gasteiger charge is -2.41. The Morgan fingerprint density at radius 2 is 1.70 bits per heavy atom. The highest BCUT2D eigenvalue weighted by atomic mass is 16.9. The average molecular weight is 753 g/mol. The molecule has 0 N–H and O–H groups in total. The molecule has 14 heteroatoms. The molecule has 1 atom stereocenters. The molecule has 1 fully saturated rings. The second kappa shape index (κ2) is 23.8. The van der Waals surface area contributed by atoms with Crippen molar-refractivity contribution in [2.24, 2.45) is 0 Å². The number of piperazine rings is 1. The number of anilines is 2. The van der Waals surface area contributed by atoms with Gasteiger partial charge in [-0.2, -0.15) is 0 Å². The maximum Gasteiger partial charge on any atom is 0.294 e.